The molecule has 0 bridgehead atoms. The van der Waals surface area contributed by atoms with Crippen molar-refractivity contribution in [1.29, 1.82) is 0 Å². The van der Waals surface area contributed by atoms with E-state index >= 15 is 0 Å². The van der Waals surface area contributed by atoms with Crippen LogP contribution in [0.5, 0.6) is 0 Å². The van der Waals surface area contributed by atoms with Gasteiger partial charge in [0.2, 0.25) is 0 Å². The van der Waals surface area contributed by atoms with Gasteiger partial charge in [-0.2, -0.15) is 5.10 Å². The normalized spacial score (nSPS) is 13.3. The van der Waals surface area contributed by atoms with Crippen LogP contribution in [0.1, 0.15) is 32.2 Å². The molecule has 1 aromatic heterocycles. The maximum absolute atomic E-state index is 5.60. The van der Waals surface area contributed by atoms with Gasteiger partial charge in [-0.3, -0.25) is 16.0 Å². The predicted molar refractivity (Wildman–Crippen MR) is 76.2 cm³/mol. The van der Waals surface area contributed by atoms with E-state index in [1.54, 1.807) is 0 Å². The van der Waals surface area contributed by atoms with E-state index in [2.05, 4.69) is 33.4 Å². The molecule has 5 nitrogen and oxygen atoms in total. The lowest BCUT2D eigenvalue weighted by atomic mass is 10.1. The molecule has 0 radical (unpaired) electrons. The number of ether oxygens (including phenoxy) is 1. The Kier molecular flexibility index (Phi) is 6.28. The Morgan fingerprint density at radius 2 is 2.17 bits per heavy atom. The predicted octanol–water partition coefficient (Wildman–Crippen LogP) is 1.77. The highest BCUT2D eigenvalue weighted by atomic mass is 79.9. The molecule has 0 aromatic carbocycles. The smallest absolute Gasteiger partial charge is 0.0738 e. The minimum Gasteiger partial charge on any atom is -0.377 e. The first-order valence-electron chi connectivity index (χ1n) is 6.29. The average molecular weight is 319 g/mol. The van der Waals surface area contributed by atoms with Crippen molar-refractivity contribution in [1.82, 2.24) is 15.2 Å². The molecular weight excluding hydrogens is 296 g/mol. The monoisotopic (exact) mass is 318 g/mol. The van der Waals surface area contributed by atoms with Crippen molar-refractivity contribution < 1.29 is 4.74 Å². The van der Waals surface area contributed by atoms with Crippen molar-refractivity contribution in [3.63, 3.8) is 0 Å². The van der Waals surface area contributed by atoms with Crippen LogP contribution in [-0.2, 0) is 17.7 Å². The van der Waals surface area contributed by atoms with Gasteiger partial charge in [0.05, 0.1) is 28.6 Å². The van der Waals surface area contributed by atoms with E-state index in [1.807, 2.05) is 25.5 Å². The van der Waals surface area contributed by atoms with Crippen molar-refractivity contribution in [3.05, 3.63) is 15.9 Å². The molecule has 1 atom stereocenters. The first kappa shape index (κ1) is 15.6. The van der Waals surface area contributed by atoms with Gasteiger partial charge >= 0.3 is 0 Å². The SMILES string of the molecule is CCn1nc(C)c(Br)c1CC(COC(C)C)NN. The van der Waals surface area contributed by atoms with Gasteiger partial charge in [-0.1, -0.05) is 0 Å². The molecule has 0 spiro atoms. The summed E-state index contributed by atoms with van der Waals surface area (Å²) in [5.41, 5.74) is 4.97. The van der Waals surface area contributed by atoms with Crippen LogP contribution in [0.25, 0.3) is 0 Å². The molecule has 1 unspecified atom stereocenters. The molecule has 0 saturated heterocycles. The van der Waals surface area contributed by atoms with Crippen LogP contribution in [0.3, 0.4) is 0 Å². The summed E-state index contributed by atoms with van der Waals surface area (Å²) in [6.45, 7) is 9.56. The van der Waals surface area contributed by atoms with E-state index in [4.69, 9.17) is 10.6 Å². The van der Waals surface area contributed by atoms with Crippen LogP contribution in [0.2, 0.25) is 0 Å². The summed E-state index contributed by atoms with van der Waals surface area (Å²) in [6.07, 6.45) is 1.00. The van der Waals surface area contributed by atoms with Crippen LogP contribution in [0, 0.1) is 6.92 Å². The summed E-state index contributed by atoms with van der Waals surface area (Å²) in [5.74, 6) is 5.58. The number of hydrazine groups is 1. The van der Waals surface area contributed by atoms with E-state index in [9.17, 15) is 0 Å². The number of nitrogens with two attached hydrogens (primary N) is 1. The fourth-order valence-corrected chi connectivity index (χ4v) is 2.22. The van der Waals surface area contributed by atoms with Crippen LogP contribution < -0.4 is 11.3 Å². The first-order chi connectivity index (χ1) is 8.49. The van der Waals surface area contributed by atoms with Crippen molar-refractivity contribution in [2.24, 2.45) is 5.84 Å². The number of aryl methyl sites for hydroxylation is 2. The van der Waals surface area contributed by atoms with Gasteiger partial charge < -0.3 is 4.74 Å². The summed E-state index contributed by atoms with van der Waals surface area (Å²) in [5, 5.41) is 4.47. The second-order valence-corrected chi connectivity index (χ2v) is 5.40. The van der Waals surface area contributed by atoms with Gasteiger partial charge in [0.1, 0.15) is 0 Å². The number of halogens is 1. The van der Waals surface area contributed by atoms with Crippen molar-refractivity contribution in [2.45, 2.75) is 52.8 Å². The third-order valence-corrected chi connectivity index (χ3v) is 3.79. The Bertz CT molecular complexity index is 378. The zero-order valence-electron chi connectivity index (χ0n) is 11.5. The number of hydrogen-bond donors (Lipinski definition) is 2. The van der Waals surface area contributed by atoms with Gasteiger partial charge in [-0.05, 0) is 43.6 Å². The lowest BCUT2D eigenvalue weighted by molar-refractivity contribution is 0.0609. The minimum atomic E-state index is 0.0881. The maximum Gasteiger partial charge on any atom is 0.0738 e. The van der Waals surface area contributed by atoms with E-state index < -0.39 is 0 Å². The third-order valence-electron chi connectivity index (χ3n) is 2.76. The molecular formula is C12H23BrN4O. The fraction of sp³-hybridized carbons (Fsp3) is 0.750. The highest BCUT2D eigenvalue weighted by Gasteiger charge is 2.17. The summed E-state index contributed by atoms with van der Waals surface area (Å²) in [4.78, 5) is 0. The van der Waals surface area contributed by atoms with Gasteiger partial charge in [0.25, 0.3) is 0 Å². The van der Waals surface area contributed by atoms with Crippen molar-refractivity contribution >= 4 is 15.9 Å². The zero-order chi connectivity index (χ0) is 13.7. The topological polar surface area (TPSA) is 65.1 Å². The minimum absolute atomic E-state index is 0.0881. The molecule has 3 N–H and O–H groups in total. The zero-order valence-corrected chi connectivity index (χ0v) is 13.1. The Hall–Kier alpha value is -0.430. The van der Waals surface area contributed by atoms with E-state index in [-0.39, 0.29) is 12.1 Å². The number of hydrogen-bond acceptors (Lipinski definition) is 4. The number of nitrogens with one attached hydrogen (secondary N) is 1. The number of aromatic nitrogens is 2. The lowest BCUT2D eigenvalue weighted by Gasteiger charge is -2.18. The standard InChI is InChI=1S/C12H23BrN4O/c1-5-17-11(12(13)9(4)16-17)6-10(15-14)7-18-8(2)3/h8,10,15H,5-7,14H2,1-4H3. The van der Waals surface area contributed by atoms with Gasteiger partial charge in [-0.25, -0.2) is 0 Å². The Morgan fingerprint density at radius 3 is 2.67 bits per heavy atom. The second kappa shape index (κ2) is 7.23. The van der Waals surface area contributed by atoms with Crippen LogP contribution in [-0.4, -0.2) is 28.5 Å². The van der Waals surface area contributed by atoms with Gasteiger partial charge in [0, 0.05) is 19.0 Å². The highest BCUT2D eigenvalue weighted by Crippen LogP contribution is 2.22. The van der Waals surface area contributed by atoms with Crippen LogP contribution >= 0.6 is 15.9 Å². The third kappa shape index (κ3) is 4.05. The number of rotatable bonds is 7. The molecule has 0 aliphatic rings. The largest absolute Gasteiger partial charge is 0.377 e. The van der Waals surface area contributed by atoms with Crippen LogP contribution in [0.15, 0.2) is 4.47 Å². The first-order valence-corrected chi connectivity index (χ1v) is 7.08. The molecule has 18 heavy (non-hydrogen) atoms. The maximum atomic E-state index is 5.60. The summed E-state index contributed by atoms with van der Waals surface area (Å²) in [6, 6.07) is 0.0881. The van der Waals surface area contributed by atoms with E-state index in [0.717, 1.165) is 28.8 Å². The summed E-state index contributed by atoms with van der Waals surface area (Å²) < 4.78 is 8.66. The molecule has 104 valence electrons. The van der Waals surface area contributed by atoms with Crippen LogP contribution in [0.4, 0.5) is 0 Å². The molecule has 0 saturated carbocycles. The quantitative estimate of drug-likeness (QED) is 0.594. The van der Waals surface area contributed by atoms with E-state index in [1.165, 1.54) is 0 Å². The molecule has 0 fully saturated rings. The Balaban J connectivity index is 2.74. The van der Waals surface area contributed by atoms with Gasteiger partial charge in [0.15, 0.2) is 0 Å². The molecule has 1 heterocycles. The average Bonchev–Trinajstić information content (AvgIpc) is 2.61. The van der Waals surface area contributed by atoms with Gasteiger partial charge in [-0.15, -0.1) is 0 Å². The highest BCUT2D eigenvalue weighted by molar-refractivity contribution is 9.10. The molecule has 6 heteroatoms. The number of nitrogens with zero attached hydrogens (tertiary/aromatic N) is 2. The molecule has 0 aliphatic carbocycles. The van der Waals surface area contributed by atoms with E-state index in [0.29, 0.717) is 6.61 Å². The van der Waals surface area contributed by atoms with Crippen molar-refractivity contribution in [2.75, 3.05) is 6.61 Å². The molecule has 1 rings (SSSR count). The molecule has 0 aliphatic heterocycles. The summed E-state index contributed by atoms with van der Waals surface area (Å²) in [7, 11) is 0. The fourth-order valence-electron chi connectivity index (χ4n) is 1.77. The Morgan fingerprint density at radius 1 is 1.50 bits per heavy atom. The van der Waals surface area contributed by atoms with Crippen molar-refractivity contribution in [3.8, 4) is 0 Å². The molecule has 0 amide bonds. The Labute approximate surface area is 117 Å². The molecule has 1 aromatic rings. The second-order valence-electron chi connectivity index (χ2n) is 4.61. The lowest BCUT2D eigenvalue weighted by Crippen LogP contribution is -2.41. The summed E-state index contributed by atoms with van der Waals surface area (Å²) >= 11 is 3.59.